The Kier molecular flexibility index (Phi) is 6.43. The molecular weight excluding hydrogens is 367 g/mol. The molecule has 0 unspecified atom stereocenters. The minimum atomic E-state index is -0.465. The molecule has 0 aliphatic heterocycles. The van der Waals surface area contributed by atoms with Gasteiger partial charge in [0.2, 0.25) is 5.91 Å². The highest BCUT2D eigenvalue weighted by Gasteiger charge is 2.14. The maximum atomic E-state index is 13.6. The predicted molar refractivity (Wildman–Crippen MR) is 102 cm³/mol. The first-order valence-corrected chi connectivity index (χ1v) is 9.43. The van der Waals surface area contributed by atoms with E-state index in [-0.39, 0.29) is 24.0 Å². The van der Waals surface area contributed by atoms with Crippen LogP contribution in [0.3, 0.4) is 0 Å². The molecule has 3 rings (SSSR count). The number of nitrogens with zero attached hydrogens (tertiary/aromatic N) is 3. The topological polar surface area (TPSA) is 69.0 Å². The summed E-state index contributed by atoms with van der Waals surface area (Å²) in [6.07, 6.45) is 0. The van der Waals surface area contributed by atoms with E-state index in [4.69, 9.17) is 4.74 Å². The number of rotatable bonds is 8. The second kappa shape index (κ2) is 9.18. The molecule has 6 nitrogen and oxygen atoms in total. The van der Waals surface area contributed by atoms with Crippen molar-refractivity contribution in [3.05, 3.63) is 66.2 Å². The summed E-state index contributed by atoms with van der Waals surface area (Å²) in [7, 11) is 0. The Morgan fingerprint density at radius 3 is 2.63 bits per heavy atom. The Morgan fingerprint density at radius 2 is 1.89 bits per heavy atom. The van der Waals surface area contributed by atoms with E-state index >= 15 is 0 Å². The summed E-state index contributed by atoms with van der Waals surface area (Å²) in [6.45, 7) is 2.91. The predicted octanol–water partition coefficient (Wildman–Crippen LogP) is 3.75. The molecule has 1 N–H and O–H groups in total. The van der Waals surface area contributed by atoms with Crippen molar-refractivity contribution in [1.29, 1.82) is 0 Å². The highest BCUT2D eigenvalue weighted by Crippen LogP contribution is 2.19. The molecule has 0 saturated carbocycles. The second-order valence-electron chi connectivity index (χ2n) is 5.56. The molecule has 0 saturated heterocycles. The van der Waals surface area contributed by atoms with Crippen LogP contribution in [0.2, 0.25) is 0 Å². The highest BCUT2D eigenvalue weighted by molar-refractivity contribution is 7.99. The lowest BCUT2D eigenvalue weighted by atomic mass is 10.3. The number of anilines is 1. The van der Waals surface area contributed by atoms with Crippen LogP contribution in [0.5, 0.6) is 5.75 Å². The second-order valence-corrected chi connectivity index (χ2v) is 6.50. The molecule has 0 fully saturated rings. The van der Waals surface area contributed by atoms with Crippen molar-refractivity contribution in [3.8, 4) is 5.75 Å². The van der Waals surface area contributed by atoms with Crippen LogP contribution in [0.15, 0.2) is 59.8 Å². The van der Waals surface area contributed by atoms with Gasteiger partial charge in [-0.1, -0.05) is 42.1 Å². The number of benzene rings is 2. The van der Waals surface area contributed by atoms with E-state index in [0.717, 1.165) is 5.75 Å². The third kappa shape index (κ3) is 5.07. The van der Waals surface area contributed by atoms with Crippen LogP contribution in [0.1, 0.15) is 12.7 Å². The molecule has 0 spiro atoms. The first-order valence-electron chi connectivity index (χ1n) is 8.44. The summed E-state index contributed by atoms with van der Waals surface area (Å²) >= 11 is 1.25. The van der Waals surface area contributed by atoms with Gasteiger partial charge in [-0.05, 0) is 31.2 Å². The molecule has 0 radical (unpaired) electrons. The fraction of sp³-hybridized carbons (Fsp3) is 0.211. The molecule has 140 valence electrons. The first kappa shape index (κ1) is 18.9. The van der Waals surface area contributed by atoms with Gasteiger partial charge in [-0.15, -0.1) is 10.2 Å². The van der Waals surface area contributed by atoms with Crippen molar-refractivity contribution in [2.75, 3.05) is 11.1 Å². The summed E-state index contributed by atoms with van der Waals surface area (Å²) in [4.78, 5) is 12.1. The zero-order chi connectivity index (χ0) is 19.1. The molecular formula is C19H19FN4O2S. The lowest BCUT2D eigenvalue weighted by Gasteiger charge is -2.09. The van der Waals surface area contributed by atoms with Crippen LogP contribution in [-0.4, -0.2) is 26.4 Å². The minimum absolute atomic E-state index is 0.103. The lowest BCUT2D eigenvalue weighted by molar-refractivity contribution is -0.113. The van der Waals surface area contributed by atoms with Crippen LogP contribution >= 0.6 is 11.8 Å². The SMILES string of the molecule is CCn1c(COc2ccccc2)nnc1SCC(=O)Nc1ccccc1F. The van der Waals surface area contributed by atoms with E-state index in [1.165, 1.54) is 23.9 Å². The third-order valence-corrected chi connectivity index (χ3v) is 4.67. The molecule has 2 aromatic carbocycles. The molecule has 3 aromatic rings. The summed E-state index contributed by atoms with van der Waals surface area (Å²) < 4.78 is 21.2. The maximum Gasteiger partial charge on any atom is 0.234 e. The van der Waals surface area contributed by atoms with Gasteiger partial charge in [-0.3, -0.25) is 4.79 Å². The Labute approximate surface area is 160 Å². The number of thioether (sulfide) groups is 1. The van der Waals surface area contributed by atoms with E-state index in [0.29, 0.717) is 17.5 Å². The number of hydrogen-bond acceptors (Lipinski definition) is 5. The number of amides is 1. The minimum Gasteiger partial charge on any atom is -0.486 e. The molecule has 8 heteroatoms. The molecule has 0 atom stereocenters. The van der Waals surface area contributed by atoms with Crippen molar-refractivity contribution in [1.82, 2.24) is 14.8 Å². The van der Waals surface area contributed by atoms with Crippen molar-refractivity contribution in [2.45, 2.75) is 25.2 Å². The number of carbonyl (C=O) groups excluding carboxylic acids is 1. The molecule has 1 heterocycles. The van der Waals surface area contributed by atoms with Crippen LogP contribution < -0.4 is 10.1 Å². The van der Waals surface area contributed by atoms with Crippen LogP contribution in [0, 0.1) is 5.82 Å². The Hall–Kier alpha value is -2.87. The van der Waals surface area contributed by atoms with Gasteiger partial charge in [0.1, 0.15) is 18.2 Å². The van der Waals surface area contributed by atoms with Gasteiger partial charge in [0.05, 0.1) is 11.4 Å². The largest absolute Gasteiger partial charge is 0.486 e. The molecule has 1 amide bonds. The van der Waals surface area contributed by atoms with E-state index in [1.54, 1.807) is 12.1 Å². The summed E-state index contributed by atoms with van der Waals surface area (Å²) in [5, 5.41) is 11.5. The molecule has 0 aliphatic rings. The number of hydrogen-bond donors (Lipinski definition) is 1. The van der Waals surface area contributed by atoms with Crippen molar-refractivity contribution >= 4 is 23.4 Å². The summed E-state index contributed by atoms with van der Waals surface area (Å²) in [5.41, 5.74) is 0.164. The number of para-hydroxylation sites is 2. The normalized spacial score (nSPS) is 10.6. The van der Waals surface area contributed by atoms with Crippen molar-refractivity contribution in [2.24, 2.45) is 0 Å². The van der Waals surface area contributed by atoms with Gasteiger partial charge in [-0.2, -0.15) is 0 Å². The Bertz CT molecular complexity index is 902. The fourth-order valence-corrected chi connectivity index (χ4v) is 3.22. The number of aromatic nitrogens is 3. The monoisotopic (exact) mass is 386 g/mol. The van der Waals surface area contributed by atoms with E-state index in [2.05, 4.69) is 15.5 Å². The third-order valence-electron chi connectivity index (χ3n) is 3.70. The maximum absolute atomic E-state index is 13.6. The van der Waals surface area contributed by atoms with Gasteiger partial charge < -0.3 is 14.6 Å². The number of carbonyl (C=O) groups is 1. The highest BCUT2D eigenvalue weighted by atomic mass is 32.2. The molecule has 0 aliphatic carbocycles. The van der Waals surface area contributed by atoms with E-state index < -0.39 is 5.82 Å². The standard InChI is InChI=1S/C19H19FN4O2S/c1-2-24-17(12-26-14-8-4-3-5-9-14)22-23-19(24)27-13-18(25)21-16-11-7-6-10-15(16)20/h3-11H,2,12-13H2,1H3,(H,21,25). The summed E-state index contributed by atoms with van der Waals surface area (Å²) in [6, 6.07) is 15.5. The average Bonchev–Trinajstić information content (AvgIpc) is 3.09. The number of halogens is 1. The van der Waals surface area contributed by atoms with Gasteiger partial charge in [0, 0.05) is 6.54 Å². The van der Waals surface area contributed by atoms with Crippen molar-refractivity contribution < 1.29 is 13.9 Å². The van der Waals surface area contributed by atoms with Crippen LogP contribution in [0.25, 0.3) is 0 Å². The van der Waals surface area contributed by atoms with Gasteiger partial charge in [0.25, 0.3) is 0 Å². The van der Waals surface area contributed by atoms with Crippen LogP contribution in [-0.2, 0) is 17.9 Å². The number of nitrogens with one attached hydrogen (secondary N) is 1. The van der Waals surface area contributed by atoms with Gasteiger partial charge >= 0.3 is 0 Å². The van der Waals surface area contributed by atoms with E-state index in [1.807, 2.05) is 41.8 Å². The molecule has 27 heavy (non-hydrogen) atoms. The molecule has 0 bridgehead atoms. The zero-order valence-electron chi connectivity index (χ0n) is 14.8. The zero-order valence-corrected chi connectivity index (χ0v) is 15.6. The average molecular weight is 386 g/mol. The van der Waals surface area contributed by atoms with Crippen LogP contribution in [0.4, 0.5) is 10.1 Å². The fourth-order valence-electron chi connectivity index (χ4n) is 2.39. The Balaban J connectivity index is 1.58. The van der Waals surface area contributed by atoms with Crippen molar-refractivity contribution in [3.63, 3.8) is 0 Å². The Morgan fingerprint density at radius 1 is 1.15 bits per heavy atom. The number of ether oxygens (including phenoxy) is 1. The lowest BCUT2D eigenvalue weighted by Crippen LogP contribution is -2.15. The quantitative estimate of drug-likeness (QED) is 0.597. The molecule has 1 aromatic heterocycles. The van der Waals surface area contributed by atoms with Gasteiger partial charge in [-0.25, -0.2) is 4.39 Å². The summed E-state index contributed by atoms with van der Waals surface area (Å²) in [5.74, 6) is 0.761. The van der Waals surface area contributed by atoms with E-state index in [9.17, 15) is 9.18 Å². The first-order chi connectivity index (χ1) is 13.2. The van der Waals surface area contributed by atoms with Gasteiger partial charge in [0.15, 0.2) is 11.0 Å². The smallest absolute Gasteiger partial charge is 0.234 e.